The summed E-state index contributed by atoms with van der Waals surface area (Å²) >= 11 is 0. The van der Waals surface area contributed by atoms with Crippen LogP contribution in [0, 0.1) is 13.8 Å². The van der Waals surface area contributed by atoms with Gasteiger partial charge in [-0.05, 0) is 43.7 Å². The largest absolute Gasteiger partial charge is 0.497 e. The summed E-state index contributed by atoms with van der Waals surface area (Å²) in [6, 6.07) is 13.6. The predicted molar refractivity (Wildman–Crippen MR) is 111 cm³/mol. The van der Waals surface area contributed by atoms with Gasteiger partial charge in [0.2, 0.25) is 5.95 Å². The summed E-state index contributed by atoms with van der Waals surface area (Å²) < 4.78 is 10.7. The molecule has 4 rings (SSSR count). The summed E-state index contributed by atoms with van der Waals surface area (Å²) in [6.45, 7) is 4.41. The topological polar surface area (TPSA) is 86.0 Å². The highest BCUT2D eigenvalue weighted by molar-refractivity contribution is 5.79. The lowest BCUT2D eigenvalue weighted by Crippen LogP contribution is -2.05. The van der Waals surface area contributed by atoms with E-state index in [2.05, 4.69) is 20.4 Å². The van der Waals surface area contributed by atoms with Crippen LogP contribution in [0.2, 0.25) is 0 Å². The van der Waals surface area contributed by atoms with Gasteiger partial charge in [-0.15, -0.1) is 0 Å². The van der Waals surface area contributed by atoms with Gasteiger partial charge in [0.05, 0.1) is 24.1 Å². The van der Waals surface area contributed by atoms with Crippen molar-refractivity contribution in [2.24, 2.45) is 0 Å². The molecular formula is C22H21N5O2. The van der Waals surface area contributed by atoms with Crippen molar-refractivity contribution in [1.82, 2.24) is 20.1 Å². The van der Waals surface area contributed by atoms with Crippen LogP contribution in [-0.2, 0) is 6.54 Å². The first-order valence-electron chi connectivity index (χ1n) is 9.23. The summed E-state index contributed by atoms with van der Waals surface area (Å²) in [7, 11) is 1.65. The van der Waals surface area contributed by atoms with Gasteiger partial charge in [0.25, 0.3) is 0 Å². The van der Waals surface area contributed by atoms with E-state index in [-0.39, 0.29) is 0 Å². The van der Waals surface area contributed by atoms with Gasteiger partial charge in [0.1, 0.15) is 5.75 Å². The molecule has 7 heteroatoms. The fourth-order valence-corrected chi connectivity index (χ4v) is 3.04. The smallest absolute Gasteiger partial charge is 0.223 e. The number of aryl methyl sites for hydroxylation is 2. The number of nitrogens with zero attached hydrogens (tertiary/aromatic N) is 4. The third kappa shape index (κ3) is 4.08. The lowest BCUT2D eigenvalue weighted by Gasteiger charge is -2.11. The van der Waals surface area contributed by atoms with E-state index in [1.165, 1.54) is 0 Å². The Balaban J connectivity index is 1.69. The van der Waals surface area contributed by atoms with Crippen molar-refractivity contribution in [1.29, 1.82) is 0 Å². The van der Waals surface area contributed by atoms with Gasteiger partial charge in [-0.1, -0.05) is 17.3 Å². The molecule has 0 saturated carbocycles. The highest BCUT2D eigenvalue weighted by Crippen LogP contribution is 2.32. The van der Waals surface area contributed by atoms with E-state index in [0.29, 0.717) is 18.3 Å². The normalized spacial score (nSPS) is 10.7. The van der Waals surface area contributed by atoms with E-state index in [4.69, 9.17) is 14.2 Å². The molecule has 29 heavy (non-hydrogen) atoms. The van der Waals surface area contributed by atoms with Crippen LogP contribution in [0.25, 0.3) is 22.6 Å². The van der Waals surface area contributed by atoms with Gasteiger partial charge in [-0.3, -0.25) is 4.98 Å². The van der Waals surface area contributed by atoms with Crippen molar-refractivity contribution in [2.45, 2.75) is 20.4 Å². The molecular weight excluding hydrogens is 366 g/mol. The zero-order valence-electron chi connectivity index (χ0n) is 16.5. The molecule has 0 aliphatic rings. The van der Waals surface area contributed by atoms with Crippen LogP contribution in [0.3, 0.4) is 0 Å². The monoisotopic (exact) mass is 387 g/mol. The Morgan fingerprint density at radius 1 is 1.03 bits per heavy atom. The summed E-state index contributed by atoms with van der Waals surface area (Å²) in [4.78, 5) is 13.6. The van der Waals surface area contributed by atoms with Crippen molar-refractivity contribution in [3.8, 4) is 28.3 Å². The zero-order valence-corrected chi connectivity index (χ0v) is 16.5. The fourth-order valence-electron chi connectivity index (χ4n) is 3.04. The second-order valence-corrected chi connectivity index (χ2v) is 6.63. The molecule has 0 fully saturated rings. The number of aromatic nitrogens is 4. The van der Waals surface area contributed by atoms with Crippen LogP contribution in [0.1, 0.15) is 17.0 Å². The summed E-state index contributed by atoms with van der Waals surface area (Å²) in [5, 5.41) is 7.27. The molecule has 0 aliphatic heterocycles. The van der Waals surface area contributed by atoms with Gasteiger partial charge >= 0.3 is 0 Å². The van der Waals surface area contributed by atoms with Crippen LogP contribution in [-0.4, -0.2) is 27.2 Å². The van der Waals surface area contributed by atoms with E-state index in [9.17, 15) is 0 Å². The number of ether oxygens (including phenoxy) is 1. The molecule has 0 unspecified atom stereocenters. The molecule has 4 aromatic rings. The van der Waals surface area contributed by atoms with E-state index in [0.717, 1.165) is 39.5 Å². The predicted octanol–water partition coefficient (Wildman–Crippen LogP) is 4.43. The van der Waals surface area contributed by atoms with Gasteiger partial charge in [0.15, 0.2) is 5.76 Å². The van der Waals surface area contributed by atoms with E-state index in [1.807, 2.05) is 56.3 Å². The van der Waals surface area contributed by atoms with Gasteiger partial charge in [-0.25, -0.2) is 9.97 Å². The average Bonchev–Trinajstić information content (AvgIpc) is 3.18. The number of nitrogens with one attached hydrogen (secondary N) is 1. The Bertz CT molecular complexity index is 1140. The maximum absolute atomic E-state index is 5.46. The third-order valence-corrected chi connectivity index (χ3v) is 4.53. The van der Waals surface area contributed by atoms with Crippen LogP contribution in [0.5, 0.6) is 5.75 Å². The number of rotatable bonds is 6. The quantitative estimate of drug-likeness (QED) is 0.524. The molecule has 0 amide bonds. The van der Waals surface area contributed by atoms with Crippen molar-refractivity contribution < 1.29 is 9.26 Å². The lowest BCUT2D eigenvalue weighted by molar-refractivity contribution is 0.414. The maximum atomic E-state index is 5.46. The van der Waals surface area contributed by atoms with Gasteiger partial charge in [0, 0.05) is 36.3 Å². The minimum atomic E-state index is 0.520. The molecule has 7 nitrogen and oxygen atoms in total. The molecule has 0 radical (unpaired) electrons. The maximum Gasteiger partial charge on any atom is 0.223 e. The van der Waals surface area contributed by atoms with Crippen LogP contribution in [0.15, 0.2) is 59.4 Å². The first-order chi connectivity index (χ1) is 14.1. The third-order valence-electron chi connectivity index (χ3n) is 4.53. The second kappa shape index (κ2) is 8.10. The summed E-state index contributed by atoms with van der Waals surface area (Å²) in [6.07, 6.45) is 3.52. The highest BCUT2D eigenvalue weighted by Gasteiger charge is 2.17. The highest BCUT2D eigenvalue weighted by atomic mass is 16.5. The van der Waals surface area contributed by atoms with Gasteiger partial charge < -0.3 is 14.6 Å². The van der Waals surface area contributed by atoms with Crippen molar-refractivity contribution in [3.63, 3.8) is 0 Å². The molecule has 1 aromatic carbocycles. The van der Waals surface area contributed by atoms with Crippen LogP contribution < -0.4 is 10.1 Å². The molecule has 0 atom stereocenters. The minimum absolute atomic E-state index is 0.520. The molecule has 3 aromatic heterocycles. The minimum Gasteiger partial charge on any atom is -0.497 e. The molecule has 3 heterocycles. The Morgan fingerprint density at radius 3 is 2.69 bits per heavy atom. The number of anilines is 1. The summed E-state index contributed by atoms with van der Waals surface area (Å²) in [5.41, 5.74) is 5.19. The number of hydrogen-bond donors (Lipinski definition) is 1. The Labute approximate surface area is 168 Å². The first-order valence-corrected chi connectivity index (χ1v) is 9.23. The average molecular weight is 387 g/mol. The SMILES string of the molecule is COc1cccc(CNc2ncc(-c3cc(C)no3)c(-c3cccnc3C)n2)c1. The van der Waals surface area contributed by atoms with Crippen molar-refractivity contribution >= 4 is 5.95 Å². The summed E-state index contributed by atoms with van der Waals surface area (Å²) in [5.74, 6) is 1.96. The van der Waals surface area contributed by atoms with Crippen molar-refractivity contribution in [2.75, 3.05) is 12.4 Å². The van der Waals surface area contributed by atoms with Crippen LogP contribution >= 0.6 is 0 Å². The second-order valence-electron chi connectivity index (χ2n) is 6.63. The molecule has 146 valence electrons. The zero-order chi connectivity index (χ0) is 20.2. The molecule has 1 N–H and O–H groups in total. The number of methoxy groups -OCH3 is 1. The Hall–Kier alpha value is -3.74. The molecule has 0 saturated heterocycles. The first kappa shape index (κ1) is 18.6. The number of benzene rings is 1. The Morgan fingerprint density at radius 2 is 1.93 bits per heavy atom. The number of hydrogen-bond acceptors (Lipinski definition) is 7. The molecule has 0 spiro atoms. The molecule has 0 bridgehead atoms. The molecule has 0 aliphatic carbocycles. The van der Waals surface area contributed by atoms with E-state index < -0.39 is 0 Å². The fraction of sp³-hybridized carbons (Fsp3) is 0.182. The Kier molecular flexibility index (Phi) is 5.20. The van der Waals surface area contributed by atoms with Gasteiger partial charge in [-0.2, -0.15) is 0 Å². The standard InChI is InChI=1S/C22H21N5O2/c1-14-10-20(29-27-14)19-13-25-22(24-12-16-6-4-7-17(11-16)28-3)26-21(19)18-8-5-9-23-15(18)2/h4-11,13H,12H2,1-3H3,(H,24,25,26). The van der Waals surface area contributed by atoms with Crippen LogP contribution in [0.4, 0.5) is 5.95 Å². The van der Waals surface area contributed by atoms with Crippen molar-refractivity contribution in [3.05, 3.63) is 71.8 Å². The number of pyridine rings is 1. The van der Waals surface area contributed by atoms with E-state index in [1.54, 1.807) is 19.5 Å². The van der Waals surface area contributed by atoms with E-state index >= 15 is 0 Å². The lowest BCUT2D eigenvalue weighted by atomic mass is 10.0.